The summed E-state index contributed by atoms with van der Waals surface area (Å²) in [6, 6.07) is 4.02. The van der Waals surface area contributed by atoms with Gasteiger partial charge in [0.2, 0.25) is 0 Å². The molecule has 68 valence electrons. The lowest BCUT2D eigenvalue weighted by Gasteiger charge is -1.99. The second-order valence-electron chi connectivity index (χ2n) is 2.95. The molecule has 0 aromatic carbocycles. The summed E-state index contributed by atoms with van der Waals surface area (Å²) >= 11 is 0. The zero-order valence-electron chi connectivity index (χ0n) is 7.29. The Kier molecular flexibility index (Phi) is 2.48. The lowest BCUT2D eigenvalue weighted by atomic mass is 10.3. The van der Waals surface area contributed by atoms with Crippen LogP contribution >= 0.6 is 0 Å². The van der Waals surface area contributed by atoms with Crippen LogP contribution in [-0.2, 0) is 13.1 Å². The van der Waals surface area contributed by atoms with Gasteiger partial charge < -0.3 is 14.7 Å². The molecule has 2 N–H and O–H groups in total. The number of aromatic nitrogens is 1. The molecule has 0 spiro atoms. The molecule has 13 heavy (non-hydrogen) atoms. The Morgan fingerprint density at radius 3 is 2.85 bits per heavy atom. The third-order valence-electron chi connectivity index (χ3n) is 1.90. The van der Waals surface area contributed by atoms with E-state index in [1.165, 1.54) is 11.1 Å². The van der Waals surface area contributed by atoms with Crippen molar-refractivity contribution in [2.75, 3.05) is 0 Å². The lowest BCUT2D eigenvalue weighted by molar-refractivity contribution is 0.560. The summed E-state index contributed by atoms with van der Waals surface area (Å²) in [5.41, 5.74) is 2.44. The van der Waals surface area contributed by atoms with Crippen molar-refractivity contribution in [3.05, 3.63) is 48.2 Å². The van der Waals surface area contributed by atoms with Gasteiger partial charge in [0.05, 0.1) is 12.5 Å². The maximum absolute atomic E-state index is 4.96. The smallest absolute Gasteiger partial charge is 0.0947 e. The molecule has 0 bridgehead atoms. The molecule has 0 saturated heterocycles. The van der Waals surface area contributed by atoms with E-state index in [9.17, 15) is 0 Å². The van der Waals surface area contributed by atoms with E-state index >= 15 is 0 Å². The van der Waals surface area contributed by atoms with Gasteiger partial charge in [-0.2, -0.15) is 0 Å². The van der Waals surface area contributed by atoms with Crippen molar-refractivity contribution in [2.45, 2.75) is 13.1 Å². The highest BCUT2D eigenvalue weighted by atomic mass is 16.3. The largest absolute Gasteiger partial charge is 0.472 e. The lowest BCUT2D eigenvalue weighted by Crippen LogP contribution is -2.11. The molecule has 0 saturated carbocycles. The Morgan fingerprint density at radius 1 is 1.23 bits per heavy atom. The molecule has 2 rings (SSSR count). The molecule has 0 aliphatic rings. The maximum atomic E-state index is 4.96. The fraction of sp³-hybridized carbons (Fsp3) is 0.200. The topological polar surface area (TPSA) is 41.0 Å². The molecular formula is C10H12N2O. The number of furan rings is 1. The first kappa shape index (κ1) is 8.13. The monoisotopic (exact) mass is 176 g/mol. The van der Waals surface area contributed by atoms with Crippen LogP contribution in [0.25, 0.3) is 0 Å². The third kappa shape index (κ3) is 2.23. The van der Waals surface area contributed by atoms with Gasteiger partial charge in [0.1, 0.15) is 0 Å². The Hall–Kier alpha value is -1.48. The van der Waals surface area contributed by atoms with Gasteiger partial charge in [0.25, 0.3) is 0 Å². The Bertz CT molecular complexity index is 289. The fourth-order valence-electron chi connectivity index (χ4n) is 1.21. The molecule has 0 amide bonds. The van der Waals surface area contributed by atoms with E-state index in [0.29, 0.717) is 0 Å². The van der Waals surface area contributed by atoms with Gasteiger partial charge in [-0.3, -0.25) is 0 Å². The molecule has 3 heteroatoms. The van der Waals surface area contributed by atoms with Crippen LogP contribution < -0.4 is 5.32 Å². The number of H-pyrrole nitrogens is 1. The molecule has 0 aliphatic carbocycles. The van der Waals surface area contributed by atoms with Crippen LogP contribution in [-0.4, -0.2) is 4.98 Å². The highest BCUT2D eigenvalue weighted by molar-refractivity contribution is 5.09. The first-order chi connectivity index (χ1) is 6.45. The first-order valence-electron chi connectivity index (χ1n) is 4.28. The van der Waals surface area contributed by atoms with Crippen LogP contribution in [0.3, 0.4) is 0 Å². The number of nitrogens with one attached hydrogen (secondary N) is 2. The minimum absolute atomic E-state index is 0.849. The first-order valence-corrected chi connectivity index (χ1v) is 4.28. The van der Waals surface area contributed by atoms with Crippen LogP contribution in [0.2, 0.25) is 0 Å². The quantitative estimate of drug-likeness (QED) is 0.747. The van der Waals surface area contributed by atoms with Crippen molar-refractivity contribution >= 4 is 0 Å². The van der Waals surface area contributed by atoms with E-state index in [1.54, 1.807) is 12.5 Å². The molecule has 0 aliphatic heterocycles. The van der Waals surface area contributed by atoms with Gasteiger partial charge in [0.15, 0.2) is 0 Å². The second kappa shape index (κ2) is 3.96. The van der Waals surface area contributed by atoms with E-state index in [-0.39, 0.29) is 0 Å². The van der Waals surface area contributed by atoms with Crippen LogP contribution in [0.1, 0.15) is 11.1 Å². The van der Waals surface area contributed by atoms with Gasteiger partial charge in [-0.25, -0.2) is 0 Å². The third-order valence-corrected chi connectivity index (χ3v) is 1.90. The van der Waals surface area contributed by atoms with E-state index in [1.807, 2.05) is 18.5 Å². The molecular weight excluding hydrogens is 164 g/mol. The van der Waals surface area contributed by atoms with Crippen molar-refractivity contribution in [3.63, 3.8) is 0 Å². The van der Waals surface area contributed by atoms with E-state index < -0.39 is 0 Å². The number of hydrogen-bond acceptors (Lipinski definition) is 2. The standard InChI is InChI=1S/C10H12N2O/c1-3-11-5-9(1)6-12-7-10-2-4-13-8-10/h1-5,8,11-12H,6-7H2. The van der Waals surface area contributed by atoms with Gasteiger partial charge in [-0.1, -0.05) is 0 Å². The van der Waals surface area contributed by atoms with Crippen molar-refractivity contribution in [3.8, 4) is 0 Å². The Morgan fingerprint density at radius 2 is 2.15 bits per heavy atom. The average molecular weight is 176 g/mol. The van der Waals surface area contributed by atoms with Crippen LogP contribution in [0.5, 0.6) is 0 Å². The molecule has 2 heterocycles. The summed E-state index contributed by atoms with van der Waals surface area (Å²) in [5, 5.41) is 3.31. The fourth-order valence-corrected chi connectivity index (χ4v) is 1.21. The molecule has 0 radical (unpaired) electrons. The summed E-state index contributed by atoms with van der Waals surface area (Å²) in [7, 11) is 0. The zero-order valence-corrected chi connectivity index (χ0v) is 7.29. The molecule has 0 atom stereocenters. The van der Waals surface area contributed by atoms with E-state index in [4.69, 9.17) is 4.42 Å². The number of hydrogen-bond donors (Lipinski definition) is 2. The van der Waals surface area contributed by atoms with E-state index in [2.05, 4.69) is 16.4 Å². The van der Waals surface area contributed by atoms with Crippen molar-refractivity contribution in [2.24, 2.45) is 0 Å². The van der Waals surface area contributed by atoms with E-state index in [0.717, 1.165) is 13.1 Å². The minimum Gasteiger partial charge on any atom is -0.472 e. The zero-order chi connectivity index (χ0) is 8.93. The summed E-state index contributed by atoms with van der Waals surface area (Å²) in [4.78, 5) is 3.01. The second-order valence-corrected chi connectivity index (χ2v) is 2.95. The molecule has 0 fully saturated rings. The van der Waals surface area contributed by atoms with Crippen LogP contribution in [0, 0.1) is 0 Å². The minimum atomic E-state index is 0.849. The Balaban J connectivity index is 1.76. The summed E-state index contributed by atoms with van der Waals surface area (Å²) < 4.78 is 4.96. The summed E-state index contributed by atoms with van der Waals surface area (Å²) in [5.74, 6) is 0. The molecule has 0 unspecified atom stereocenters. The number of aromatic amines is 1. The van der Waals surface area contributed by atoms with Gasteiger partial charge in [0, 0.05) is 31.0 Å². The van der Waals surface area contributed by atoms with Gasteiger partial charge in [-0.15, -0.1) is 0 Å². The molecule has 2 aromatic heterocycles. The maximum Gasteiger partial charge on any atom is 0.0947 e. The summed E-state index contributed by atoms with van der Waals surface area (Å²) in [6.45, 7) is 1.73. The van der Waals surface area contributed by atoms with Gasteiger partial charge in [-0.05, 0) is 17.7 Å². The van der Waals surface area contributed by atoms with Crippen molar-refractivity contribution < 1.29 is 4.42 Å². The molecule has 3 nitrogen and oxygen atoms in total. The van der Waals surface area contributed by atoms with Crippen LogP contribution in [0.15, 0.2) is 41.5 Å². The predicted octanol–water partition coefficient (Wildman–Crippen LogP) is 1.90. The van der Waals surface area contributed by atoms with Crippen molar-refractivity contribution in [1.82, 2.24) is 10.3 Å². The van der Waals surface area contributed by atoms with Crippen LogP contribution in [0.4, 0.5) is 0 Å². The SMILES string of the molecule is c1cc(CNCc2ccoc2)c[nH]1. The highest BCUT2D eigenvalue weighted by Gasteiger charge is 1.94. The predicted molar refractivity (Wildman–Crippen MR) is 50.0 cm³/mol. The van der Waals surface area contributed by atoms with Gasteiger partial charge >= 0.3 is 0 Å². The summed E-state index contributed by atoms with van der Waals surface area (Å²) in [6.07, 6.45) is 7.36. The van der Waals surface area contributed by atoms with Crippen molar-refractivity contribution in [1.29, 1.82) is 0 Å². The number of rotatable bonds is 4. The normalized spacial score (nSPS) is 10.5. The molecule has 2 aromatic rings. The Labute approximate surface area is 76.8 Å². The highest BCUT2D eigenvalue weighted by Crippen LogP contribution is 2.00. The average Bonchev–Trinajstić information content (AvgIpc) is 2.75.